The number of benzene rings is 1. The van der Waals surface area contributed by atoms with Crippen molar-refractivity contribution < 1.29 is 4.79 Å². The summed E-state index contributed by atoms with van der Waals surface area (Å²) in [7, 11) is 0. The fraction of sp³-hybridized carbons (Fsp3) is 0.524. The Kier molecular flexibility index (Phi) is 5.07. The largest absolute Gasteiger partial charge is 0.334 e. The molecule has 138 valence electrons. The normalized spacial score (nSPS) is 21.8. The van der Waals surface area contributed by atoms with E-state index in [-0.39, 0.29) is 11.9 Å². The van der Waals surface area contributed by atoms with Crippen LogP contribution in [0.2, 0.25) is 0 Å². The van der Waals surface area contributed by atoms with Gasteiger partial charge in [-0.2, -0.15) is 0 Å². The second-order valence-electron chi connectivity index (χ2n) is 7.58. The Labute approximate surface area is 155 Å². The zero-order valence-corrected chi connectivity index (χ0v) is 15.6. The van der Waals surface area contributed by atoms with Gasteiger partial charge >= 0.3 is 0 Å². The lowest BCUT2D eigenvalue weighted by molar-refractivity contribution is -0.133. The molecule has 1 saturated carbocycles. The molecular weight excluding hydrogens is 324 g/mol. The van der Waals surface area contributed by atoms with Gasteiger partial charge in [0.15, 0.2) is 0 Å². The molecule has 1 unspecified atom stereocenters. The van der Waals surface area contributed by atoms with Crippen molar-refractivity contribution in [3.63, 3.8) is 0 Å². The highest BCUT2D eigenvalue weighted by molar-refractivity contribution is 5.77. The second kappa shape index (κ2) is 7.62. The molecule has 1 aromatic carbocycles. The van der Waals surface area contributed by atoms with Crippen molar-refractivity contribution in [2.75, 3.05) is 13.1 Å². The van der Waals surface area contributed by atoms with Crippen molar-refractivity contribution in [1.29, 1.82) is 0 Å². The summed E-state index contributed by atoms with van der Waals surface area (Å²) in [4.78, 5) is 21.7. The monoisotopic (exact) mass is 352 g/mol. The van der Waals surface area contributed by atoms with Gasteiger partial charge in [0.25, 0.3) is 0 Å². The molecule has 0 bridgehead atoms. The van der Waals surface area contributed by atoms with Crippen LogP contribution in [0.1, 0.15) is 49.9 Å². The Balaban J connectivity index is 1.46. The van der Waals surface area contributed by atoms with Crippen LogP contribution in [0.3, 0.4) is 0 Å². The van der Waals surface area contributed by atoms with E-state index in [1.807, 2.05) is 30.7 Å². The van der Waals surface area contributed by atoms with E-state index in [9.17, 15) is 4.79 Å². The molecule has 0 radical (unpaired) electrons. The number of nitrogens with zero attached hydrogens (tertiary/aromatic N) is 4. The van der Waals surface area contributed by atoms with Crippen LogP contribution in [0.5, 0.6) is 0 Å². The predicted molar refractivity (Wildman–Crippen MR) is 101 cm³/mol. The summed E-state index contributed by atoms with van der Waals surface area (Å²) in [6, 6.07) is 11.2. The Hall–Kier alpha value is -2.14. The quantitative estimate of drug-likeness (QED) is 0.801. The molecule has 1 amide bonds. The van der Waals surface area contributed by atoms with E-state index in [1.165, 1.54) is 24.1 Å². The van der Waals surface area contributed by atoms with Crippen molar-refractivity contribution in [2.45, 2.75) is 57.8 Å². The van der Waals surface area contributed by atoms with E-state index in [2.05, 4.69) is 38.4 Å². The average molecular weight is 352 g/mol. The first-order valence-electron chi connectivity index (χ1n) is 9.81. The molecule has 2 aromatic rings. The van der Waals surface area contributed by atoms with E-state index >= 15 is 0 Å². The average Bonchev–Trinajstić information content (AvgIpc) is 3.43. The van der Waals surface area contributed by atoms with Gasteiger partial charge < -0.3 is 9.47 Å². The Morgan fingerprint density at radius 1 is 1.15 bits per heavy atom. The summed E-state index contributed by atoms with van der Waals surface area (Å²) < 4.78 is 2.33. The Morgan fingerprint density at radius 2 is 1.96 bits per heavy atom. The smallest absolute Gasteiger partial charge is 0.224 e. The third-order valence-electron chi connectivity index (χ3n) is 5.61. The van der Waals surface area contributed by atoms with Gasteiger partial charge in [0.05, 0.1) is 12.0 Å². The molecule has 0 spiro atoms. The van der Waals surface area contributed by atoms with Gasteiger partial charge in [-0.15, -0.1) is 0 Å². The molecule has 2 fully saturated rings. The molecule has 1 aliphatic carbocycles. The number of amides is 1. The van der Waals surface area contributed by atoms with E-state index < -0.39 is 0 Å². The number of hydrogen-bond donors (Lipinski definition) is 0. The van der Waals surface area contributed by atoms with Gasteiger partial charge in [-0.3, -0.25) is 9.69 Å². The zero-order valence-electron chi connectivity index (χ0n) is 15.6. The minimum atomic E-state index is 0.266. The van der Waals surface area contributed by atoms with Gasteiger partial charge in [0, 0.05) is 50.9 Å². The van der Waals surface area contributed by atoms with Gasteiger partial charge in [0.2, 0.25) is 5.91 Å². The molecule has 1 atom stereocenters. The maximum atomic E-state index is 12.8. The summed E-state index contributed by atoms with van der Waals surface area (Å²) in [5.74, 6) is 0.277. The molecule has 2 heterocycles. The van der Waals surface area contributed by atoms with Crippen molar-refractivity contribution in [3.05, 3.63) is 54.1 Å². The summed E-state index contributed by atoms with van der Waals surface area (Å²) in [6.07, 6.45) is 8.08. The second-order valence-corrected chi connectivity index (χ2v) is 7.58. The number of carbonyl (C=O) groups is 1. The fourth-order valence-corrected chi connectivity index (χ4v) is 3.94. The molecule has 0 N–H and O–H groups in total. The minimum Gasteiger partial charge on any atom is -0.334 e. The molecule has 4 rings (SSSR count). The van der Waals surface area contributed by atoms with Gasteiger partial charge in [-0.25, -0.2) is 4.98 Å². The van der Waals surface area contributed by atoms with Crippen LogP contribution < -0.4 is 0 Å². The van der Waals surface area contributed by atoms with Crippen molar-refractivity contribution in [2.24, 2.45) is 0 Å². The third-order valence-corrected chi connectivity index (χ3v) is 5.61. The third kappa shape index (κ3) is 3.83. The number of carbonyl (C=O) groups excluding carboxylic acids is 1. The summed E-state index contributed by atoms with van der Waals surface area (Å²) in [5, 5.41) is 0. The van der Waals surface area contributed by atoms with Crippen LogP contribution in [0.4, 0.5) is 0 Å². The predicted octanol–water partition coefficient (Wildman–Crippen LogP) is 3.23. The number of hydrogen-bond acceptors (Lipinski definition) is 3. The molecule has 5 heteroatoms. The lowest BCUT2D eigenvalue weighted by atomic mass is 10.1. The van der Waals surface area contributed by atoms with Crippen LogP contribution >= 0.6 is 0 Å². The minimum absolute atomic E-state index is 0.266. The SMILES string of the molecule is CCC1CN(Cc2cncn2C2CC2)CCC(=O)N1Cc1ccccc1. The van der Waals surface area contributed by atoms with Crippen LogP contribution in [0, 0.1) is 0 Å². The van der Waals surface area contributed by atoms with E-state index in [4.69, 9.17) is 0 Å². The van der Waals surface area contributed by atoms with E-state index in [0.29, 0.717) is 19.0 Å². The first kappa shape index (κ1) is 17.3. The topological polar surface area (TPSA) is 41.4 Å². The molecule has 26 heavy (non-hydrogen) atoms. The lowest BCUT2D eigenvalue weighted by Gasteiger charge is -2.31. The highest BCUT2D eigenvalue weighted by Crippen LogP contribution is 2.36. The van der Waals surface area contributed by atoms with Crippen LogP contribution in [0.25, 0.3) is 0 Å². The molecular formula is C21H28N4O. The fourth-order valence-electron chi connectivity index (χ4n) is 3.94. The number of rotatable bonds is 6. The van der Waals surface area contributed by atoms with Crippen LogP contribution in [0.15, 0.2) is 42.9 Å². The van der Waals surface area contributed by atoms with Crippen molar-refractivity contribution in [1.82, 2.24) is 19.4 Å². The Bertz CT molecular complexity index is 737. The van der Waals surface area contributed by atoms with Crippen molar-refractivity contribution in [3.8, 4) is 0 Å². The van der Waals surface area contributed by atoms with Crippen LogP contribution in [-0.2, 0) is 17.9 Å². The molecule has 1 saturated heterocycles. The highest BCUT2D eigenvalue weighted by atomic mass is 16.2. The summed E-state index contributed by atoms with van der Waals surface area (Å²) in [6.45, 7) is 5.56. The van der Waals surface area contributed by atoms with Gasteiger partial charge in [0.1, 0.15) is 0 Å². The van der Waals surface area contributed by atoms with E-state index in [0.717, 1.165) is 26.1 Å². The molecule has 1 aromatic heterocycles. The van der Waals surface area contributed by atoms with Gasteiger partial charge in [-0.1, -0.05) is 37.3 Å². The van der Waals surface area contributed by atoms with Gasteiger partial charge in [-0.05, 0) is 24.8 Å². The maximum Gasteiger partial charge on any atom is 0.224 e. The first-order valence-corrected chi connectivity index (χ1v) is 9.81. The van der Waals surface area contributed by atoms with E-state index in [1.54, 1.807) is 0 Å². The van der Waals surface area contributed by atoms with Crippen molar-refractivity contribution >= 4 is 5.91 Å². The molecule has 5 nitrogen and oxygen atoms in total. The molecule has 1 aliphatic heterocycles. The molecule has 2 aliphatic rings. The zero-order chi connectivity index (χ0) is 17.9. The summed E-state index contributed by atoms with van der Waals surface area (Å²) >= 11 is 0. The standard InChI is InChI=1S/C21H28N4O/c1-2-18-14-23(15-20-12-22-16-25(20)19-8-9-19)11-10-21(26)24(18)13-17-6-4-3-5-7-17/h3-7,12,16,18-19H,2,8-11,13-15H2,1H3. The highest BCUT2D eigenvalue weighted by Gasteiger charge is 2.30. The Morgan fingerprint density at radius 3 is 2.69 bits per heavy atom. The number of aromatic nitrogens is 2. The maximum absolute atomic E-state index is 12.8. The first-order chi connectivity index (χ1) is 12.7. The summed E-state index contributed by atoms with van der Waals surface area (Å²) in [5.41, 5.74) is 2.49. The number of imidazole rings is 1. The lowest BCUT2D eigenvalue weighted by Crippen LogP contribution is -2.42. The van der Waals surface area contributed by atoms with Crippen LogP contribution in [-0.4, -0.2) is 44.4 Å².